The lowest BCUT2D eigenvalue weighted by atomic mass is 10.0. The first-order valence-electron chi connectivity index (χ1n) is 10.7. The Morgan fingerprint density at radius 1 is 1.18 bits per heavy atom. The summed E-state index contributed by atoms with van der Waals surface area (Å²) in [6, 6.07) is 4.78. The van der Waals surface area contributed by atoms with Crippen LogP contribution in [0, 0.1) is 0 Å². The van der Waals surface area contributed by atoms with Gasteiger partial charge in [0, 0.05) is 30.6 Å². The Morgan fingerprint density at radius 3 is 2.64 bits per heavy atom. The SMILES string of the molecule is CCCOc1ccc(S(=O)(=O)CC)cc1-c1cn(C)c(=O)c2cnc(C3=NC(C)N=C3)nc12. The summed E-state index contributed by atoms with van der Waals surface area (Å²) in [7, 11) is -1.83. The summed E-state index contributed by atoms with van der Waals surface area (Å²) in [4.78, 5) is 30.6. The third-order valence-electron chi connectivity index (χ3n) is 5.33. The van der Waals surface area contributed by atoms with Crippen LogP contribution in [0.4, 0.5) is 0 Å². The Balaban J connectivity index is 2.02. The fraction of sp³-hybridized carbons (Fsp3) is 0.348. The van der Waals surface area contributed by atoms with Gasteiger partial charge >= 0.3 is 0 Å². The summed E-state index contributed by atoms with van der Waals surface area (Å²) in [6.07, 6.45) is 5.29. The van der Waals surface area contributed by atoms with Gasteiger partial charge in [-0.15, -0.1) is 0 Å². The van der Waals surface area contributed by atoms with E-state index in [0.717, 1.165) is 6.42 Å². The van der Waals surface area contributed by atoms with Crippen molar-refractivity contribution in [2.24, 2.45) is 17.0 Å². The summed E-state index contributed by atoms with van der Waals surface area (Å²) >= 11 is 0. The first-order chi connectivity index (χ1) is 15.7. The van der Waals surface area contributed by atoms with E-state index in [9.17, 15) is 13.2 Å². The average Bonchev–Trinajstić information content (AvgIpc) is 3.26. The van der Waals surface area contributed by atoms with E-state index in [4.69, 9.17) is 4.74 Å². The number of aryl methyl sites for hydroxylation is 1. The van der Waals surface area contributed by atoms with Gasteiger partial charge in [-0.05, 0) is 31.5 Å². The number of ether oxygens (including phenoxy) is 1. The molecule has 1 aliphatic rings. The molecule has 33 heavy (non-hydrogen) atoms. The summed E-state index contributed by atoms with van der Waals surface area (Å²) in [5.74, 6) is 0.832. The quantitative estimate of drug-likeness (QED) is 0.528. The second-order valence-electron chi connectivity index (χ2n) is 7.75. The van der Waals surface area contributed by atoms with E-state index in [1.807, 2.05) is 13.8 Å². The molecule has 10 heteroatoms. The number of hydrogen-bond donors (Lipinski definition) is 0. The average molecular weight is 468 g/mol. The van der Waals surface area contributed by atoms with Crippen molar-refractivity contribution in [3.63, 3.8) is 0 Å². The molecule has 3 heterocycles. The van der Waals surface area contributed by atoms with Gasteiger partial charge in [-0.3, -0.25) is 14.8 Å². The van der Waals surface area contributed by atoms with E-state index in [1.165, 1.54) is 10.8 Å². The lowest BCUT2D eigenvalue weighted by Crippen LogP contribution is -2.19. The maximum absolute atomic E-state index is 12.8. The first-order valence-corrected chi connectivity index (χ1v) is 12.4. The Labute approximate surface area is 191 Å². The Bertz CT molecular complexity index is 1460. The van der Waals surface area contributed by atoms with E-state index in [2.05, 4.69) is 20.0 Å². The van der Waals surface area contributed by atoms with E-state index in [1.54, 1.807) is 44.6 Å². The Morgan fingerprint density at radius 2 is 1.97 bits per heavy atom. The maximum atomic E-state index is 12.8. The molecule has 0 amide bonds. The van der Waals surface area contributed by atoms with E-state index >= 15 is 0 Å². The van der Waals surface area contributed by atoms with Crippen LogP contribution in [0.3, 0.4) is 0 Å². The molecule has 3 aromatic rings. The van der Waals surface area contributed by atoms with Crippen molar-refractivity contribution in [3.8, 4) is 16.9 Å². The second-order valence-corrected chi connectivity index (χ2v) is 10.0. The van der Waals surface area contributed by atoms with Crippen LogP contribution in [0.5, 0.6) is 5.75 Å². The number of fused-ring (bicyclic) bond motifs is 1. The Kier molecular flexibility index (Phi) is 6.11. The number of pyridine rings is 1. The zero-order valence-electron chi connectivity index (χ0n) is 18.9. The highest BCUT2D eigenvalue weighted by Crippen LogP contribution is 2.35. The molecule has 0 spiro atoms. The molecule has 1 atom stereocenters. The van der Waals surface area contributed by atoms with E-state index < -0.39 is 9.84 Å². The Hall–Kier alpha value is -3.40. The van der Waals surface area contributed by atoms with Crippen LogP contribution in [-0.2, 0) is 16.9 Å². The number of sulfone groups is 1. The highest BCUT2D eigenvalue weighted by Gasteiger charge is 2.21. The smallest absolute Gasteiger partial charge is 0.261 e. The molecule has 4 rings (SSSR count). The highest BCUT2D eigenvalue weighted by molar-refractivity contribution is 7.91. The molecule has 1 unspecified atom stereocenters. The number of benzene rings is 1. The number of nitrogens with zero attached hydrogens (tertiary/aromatic N) is 5. The zero-order chi connectivity index (χ0) is 23.8. The third-order valence-corrected chi connectivity index (χ3v) is 7.06. The van der Waals surface area contributed by atoms with E-state index in [-0.39, 0.29) is 22.4 Å². The molecule has 0 saturated heterocycles. The minimum absolute atomic E-state index is 0.0285. The van der Waals surface area contributed by atoms with Gasteiger partial charge in [0.05, 0.1) is 34.4 Å². The van der Waals surface area contributed by atoms with Crippen LogP contribution >= 0.6 is 0 Å². The third kappa shape index (κ3) is 4.30. The van der Waals surface area contributed by atoms with Crippen molar-refractivity contribution in [2.75, 3.05) is 12.4 Å². The van der Waals surface area contributed by atoms with Gasteiger partial charge in [-0.25, -0.2) is 18.4 Å². The van der Waals surface area contributed by atoms with Crippen molar-refractivity contribution in [2.45, 2.75) is 38.3 Å². The number of aliphatic imine (C=N–C) groups is 2. The predicted octanol–water partition coefficient (Wildman–Crippen LogP) is 2.80. The molecule has 0 radical (unpaired) electrons. The number of rotatable bonds is 7. The monoisotopic (exact) mass is 467 g/mol. The van der Waals surface area contributed by atoms with Crippen molar-refractivity contribution in [1.29, 1.82) is 0 Å². The fourth-order valence-corrected chi connectivity index (χ4v) is 4.45. The standard InChI is InChI=1S/C23H25N5O4S/c1-5-9-32-20-8-7-15(33(30,31)6-2)10-16(20)18-13-28(4)23(29)17-11-25-22(27-21(17)18)19-12-24-14(3)26-19/h7-8,10-14H,5-6,9H2,1-4H3. The van der Waals surface area contributed by atoms with Crippen LogP contribution in [0.2, 0.25) is 0 Å². The van der Waals surface area contributed by atoms with Gasteiger partial charge in [-0.1, -0.05) is 13.8 Å². The molecule has 0 fully saturated rings. The molecule has 1 aromatic carbocycles. The normalized spacial score (nSPS) is 15.8. The minimum atomic E-state index is -3.46. The molecule has 1 aliphatic heterocycles. The summed E-state index contributed by atoms with van der Waals surface area (Å²) < 4.78 is 32.6. The predicted molar refractivity (Wildman–Crippen MR) is 128 cm³/mol. The number of aromatic nitrogens is 3. The molecule has 0 N–H and O–H groups in total. The lowest BCUT2D eigenvalue weighted by molar-refractivity contribution is 0.318. The molecular weight excluding hydrogens is 442 g/mol. The largest absolute Gasteiger partial charge is 0.493 e. The molecule has 0 bridgehead atoms. The van der Waals surface area contributed by atoms with Crippen LogP contribution in [0.25, 0.3) is 22.0 Å². The topological polar surface area (TPSA) is 116 Å². The van der Waals surface area contributed by atoms with Gasteiger partial charge in [0.1, 0.15) is 17.6 Å². The van der Waals surface area contributed by atoms with Crippen LogP contribution in [-0.4, -0.2) is 53.4 Å². The minimum Gasteiger partial charge on any atom is -0.493 e. The van der Waals surface area contributed by atoms with Gasteiger partial charge in [0.15, 0.2) is 15.7 Å². The van der Waals surface area contributed by atoms with Gasteiger partial charge in [0.25, 0.3) is 5.56 Å². The van der Waals surface area contributed by atoms with Crippen LogP contribution in [0.15, 0.2) is 50.3 Å². The van der Waals surface area contributed by atoms with Crippen molar-refractivity contribution < 1.29 is 13.2 Å². The molecule has 172 valence electrons. The van der Waals surface area contributed by atoms with E-state index in [0.29, 0.717) is 45.9 Å². The summed E-state index contributed by atoms with van der Waals surface area (Å²) in [5.41, 5.74) is 1.77. The maximum Gasteiger partial charge on any atom is 0.261 e. The molecule has 0 saturated carbocycles. The van der Waals surface area contributed by atoms with Crippen LogP contribution in [0.1, 0.15) is 33.0 Å². The zero-order valence-corrected chi connectivity index (χ0v) is 19.8. The summed E-state index contributed by atoms with van der Waals surface area (Å²) in [6.45, 7) is 5.90. The molecule has 0 aliphatic carbocycles. The van der Waals surface area contributed by atoms with Crippen molar-refractivity contribution in [1.82, 2.24) is 14.5 Å². The summed E-state index contributed by atoms with van der Waals surface area (Å²) in [5, 5.41) is 0.313. The molecular formula is C23H25N5O4S. The molecule has 9 nitrogen and oxygen atoms in total. The first kappa shape index (κ1) is 22.8. The molecule has 2 aromatic heterocycles. The highest BCUT2D eigenvalue weighted by atomic mass is 32.2. The van der Waals surface area contributed by atoms with Gasteiger partial charge in [-0.2, -0.15) is 0 Å². The van der Waals surface area contributed by atoms with Gasteiger partial charge in [0.2, 0.25) is 0 Å². The van der Waals surface area contributed by atoms with Crippen molar-refractivity contribution >= 4 is 32.7 Å². The second kappa shape index (κ2) is 8.86. The lowest BCUT2D eigenvalue weighted by Gasteiger charge is -2.15. The number of hydrogen-bond acceptors (Lipinski definition) is 8. The fourth-order valence-electron chi connectivity index (χ4n) is 3.55. The van der Waals surface area contributed by atoms with Crippen LogP contribution < -0.4 is 10.3 Å². The van der Waals surface area contributed by atoms with Crippen molar-refractivity contribution in [3.05, 3.63) is 46.8 Å². The van der Waals surface area contributed by atoms with Gasteiger partial charge < -0.3 is 9.30 Å².